The van der Waals surface area contributed by atoms with Crippen molar-refractivity contribution in [1.82, 2.24) is 5.32 Å². The van der Waals surface area contributed by atoms with Crippen molar-refractivity contribution in [2.24, 2.45) is 10.9 Å². The van der Waals surface area contributed by atoms with Crippen LogP contribution in [0.2, 0.25) is 0 Å². The lowest BCUT2D eigenvalue weighted by Gasteiger charge is -2.17. The number of amidine groups is 1. The number of nitrogens with zero attached hydrogens (tertiary/aromatic N) is 1. The van der Waals surface area contributed by atoms with Gasteiger partial charge in [-0.3, -0.25) is 4.79 Å². The molecular formula is C14H15N3O2S. The number of thiophene rings is 1. The van der Waals surface area contributed by atoms with E-state index in [1.54, 1.807) is 5.38 Å². The summed E-state index contributed by atoms with van der Waals surface area (Å²) in [5.41, 5.74) is 7.93. The molecule has 20 heavy (non-hydrogen) atoms. The van der Waals surface area contributed by atoms with Crippen LogP contribution in [0.3, 0.4) is 0 Å². The Kier molecular flexibility index (Phi) is 4.37. The fourth-order valence-corrected chi connectivity index (χ4v) is 2.66. The first kappa shape index (κ1) is 14.1. The Hall–Kier alpha value is -2.34. The van der Waals surface area contributed by atoms with E-state index in [4.69, 9.17) is 10.9 Å². The number of carbonyl (C=O) groups is 1. The summed E-state index contributed by atoms with van der Waals surface area (Å²) in [6, 6.07) is 8.47. The monoisotopic (exact) mass is 289 g/mol. The third kappa shape index (κ3) is 2.97. The molecule has 1 unspecified atom stereocenters. The lowest BCUT2D eigenvalue weighted by atomic mass is 10.1. The van der Waals surface area contributed by atoms with Gasteiger partial charge in [0, 0.05) is 5.38 Å². The van der Waals surface area contributed by atoms with Gasteiger partial charge < -0.3 is 16.3 Å². The summed E-state index contributed by atoms with van der Waals surface area (Å²) in [5, 5.41) is 18.3. The first-order valence-electron chi connectivity index (χ1n) is 5.99. The standard InChI is InChI=1S/C14H15N3O2S/c1-9-7-20-8-11(9)14(18)16-12(13(15)17-19)10-5-3-2-4-6-10/h2-8,12,19H,1H3,(H2,15,17)(H,16,18). The summed E-state index contributed by atoms with van der Waals surface area (Å²) in [6.45, 7) is 1.87. The van der Waals surface area contributed by atoms with Crippen LogP contribution in [0.25, 0.3) is 0 Å². The van der Waals surface area contributed by atoms with Crippen LogP contribution in [0.1, 0.15) is 27.5 Å². The van der Waals surface area contributed by atoms with Gasteiger partial charge in [0.2, 0.25) is 0 Å². The number of amides is 1. The van der Waals surface area contributed by atoms with Crippen LogP contribution in [0.5, 0.6) is 0 Å². The molecule has 0 bridgehead atoms. The van der Waals surface area contributed by atoms with Gasteiger partial charge in [0.25, 0.3) is 5.91 Å². The van der Waals surface area contributed by atoms with Crippen molar-refractivity contribution in [3.05, 3.63) is 57.8 Å². The minimum absolute atomic E-state index is 0.0579. The van der Waals surface area contributed by atoms with Crippen molar-refractivity contribution in [2.75, 3.05) is 0 Å². The molecule has 5 nitrogen and oxygen atoms in total. The molecule has 1 amide bonds. The van der Waals surface area contributed by atoms with E-state index >= 15 is 0 Å². The molecular weight excluding hydrogens is 274 g/mol. The maximum Gasteiger partial charge on any atom is 0.253 e. The van der Waals surface area contributed by atoms with Crippen molar-refractivity contribution in [3.8, 4) is 0 Å². The summed E-state index contributed by atoms with van der Waals surface area (Å²) in [5.74, 6) is -0.304. The zero-order valence-corrected chi connectivity index (χ0v) is 11.7. The molecule has 0 saturated carbocycles. The first-order chi connectivity index (χ1) is 9.63. The summed E-state index contributed by atoms with van der Waals surface area (Å²) in [6.07, 6.45) is 0. The molecule has 0 aliphatic rings. The van der Waals surface area contributed by atoms with Crippen molar-refractivity contribution in [3.63, 3.8) is 0 Å². The maximum absolute atomic E-state index is 12.2. The molecule has 0 saturated heterocycles. The topological polar surface area (TPSA) is 87.7 Å². The number of nitrogens with two attached hydrogens (primary N) is 1. The van der Waals surface area contributed by atoms with E-state index in [1.165, 1.54) is 11.3 Å². The van der Waals surface area contributed by atoms with Crippen LogP contribution in [0.4, 0.5) is 0 Å². The molecule has 2 aromatic rings. The van der Waals surface area contributed by atoms with Gasteiger partial charge in [-0.2, -0.15) is 11.3 Å². The summed E-state index contributed by atoms with van der Waals surface area (Å²) < 4.78 is 0. The highest BCUT2D eigenvalue weighted by Gasteiger charge is 2.20. The number of carbonyl (C=O) groups excluding carboxylic acids is 1. The minimum atomic E-state index is -0.659. The number of hydrogen-bond acceptors (Lipinski definition) is 4. The number of benzene rings is 1. The average Bonchev–Trinajstić information content (AvgIpc) is 2.91. The number of aryl methyl sites for hydroxylation is 1. The lowest BCUT2D eigenvalue weighted by Crippen LogP contribution is -2.37. The van der Waals surface area contributed by atoms with Crippen LogP contribution in [-0.2, 0) is 0 Å². The Morgan fingerprint density at radius 2 is 2.05 bits per heavy atom. The van der Waals surface area contributed by atoms with Crippen molar-refractivity contribution in [1.29, 1.82) is 0 Å². The molecule has 104 valence electrons. The molecule has 1 aromatic carbocycles. The Labute approximate surface area is 120 Å². The molecule has 0 radical (unpaired) electrons. The van der Waals surface area contributed by atoms with Crippen LogP contribution in [0, 0.1) is 6.92 Å². The zero-order valence-electron chi connectivity index (χ0n) is 10.9. The highest BCUT2D eigenvalue weighted by atomic mass is 32.1. The lowest BCUT2D eigenvalue weighted by molar-refractivity contribution is 0.0946. The number of rotatable bonds is 4. The van der Waals surface area contributed by atoms with Gasteiger partial charge in [0.15, 0.2) is 5.84 Å². The predicted molar refractivity (Wildman–Crippen MR) is 79.1 cm³/mol. The summed E-state index contributed by atoms with van der Waals surface area (Å²) in [4.78, 5) is 12.2. The highest BCUT2D eigenvalue weighted by Crippen LogP contribution is 2.17. The Morgan fingerprint density at radius 1 is 1.35 bits per heavy atom. The molecule has 0 fully saturated rings. The van der Waals surface area contributed by atoms with Gasteiger partial charge in [-0.25, -0.2) is 0 Å². The molecule has 1 aromatic heterocycles. The molecule has 0 aliphatic carbocycles. The highest BCUT2D eigenvalue weighted by molar-refractivity contribution is 7.08. The van der Waals surface area contributed by atoms with E-state index in [1.807, 2.05) is 42.6 Å². The van der Waals surface area contributed by atoms with Gasteiger partial charge in [-0.1, -0.05) is 35.5 Å². The van der Waals surface area contributed by atoms with Crippen LogP contribution >= 0.6 is 11.3 Å². The third-order valence-electron chi connectivity index (χ3n) is 2.92. The van der Waals surface area contributed by atoms with E-state index < -0.39 is 6.04 Å². The second kappa shape index (κ2) is 6.21. The molecule has 2 rings (SSSR count). The molecule has 1 heterocycles. The normalized spacial score (nSPS) is 12.9. The fourth-order valence-electron chi connectivity index (χ4n) is 1.83. The Bertz CT molecular complexity index is 622. The molecule has 6 heteroatoms. The predicted octanol–water partition coefficient (Wildman–Crippen LogP) is 2.27. The average molecular weight is 289 g/mol. The van der Waals surface area contributed by atoms with Crippen molar-refractivity contribution >= 4 is 23.1 Å². The number of nitrogens with one attached hydrogen (secondary N) is 1. The SMILES string of the molecule is Cc1cscc1C(=O)NC(C(N)=NO)c1ccccc1. The number of oxime groups is 1. The Balaban J connectivity index is 2.26. The van der Waals surface area contributed by atoms with Gasteiger partial charge in [0.05, 0.1) is 5.56 Å². The molecule has 1 atom stereocenters. The second-order valence-electron chi connectivity index (χ2n) is 4.31. The van der Waals surface area contributed by atoms with Gasteiger partial charge in [0.1, 0.15) is 6.04 Å². The summed E-state index contributed by atoms with van der Waals surface area (Å²) in [7, 11) is 0. The minimum Gasteiger partial charge on any atom is -0.409 e. The van der Waals surface area contributed by atoms with E-state index in [-0.39, 0.29) is 11.7 Å². The second-order valence-corrected chi connectivity index (χ2v) is 5.05. The quantitative estimate of drug-likeness (QED) is 0.349. The van der Waals surface area contributed by atoms with Gasteiger partial charge >= 0.3 is 0 Å². The summed E-state index contributed by atoms with van der Waals surface area (Å²) >= 11 is 1.46. The zero-order chi connectivity index (χ0) is 14.5. The van der Waals surface area contributed by atoms with E-state index in [0.29, 0.717) is 5.56 Å². The van der Waals surface area contributed by atoms with Gasteiger partial charge in [-0.15, -0.1) is 0 Å². The van der Waals surface area contributed by atoms with Crippen molar-refractivity contribution in [2.45, 2.75) is 13.0 Å². The molecule has 0 spiro atoms. The first-order valence-corrected chi connectivity index (χ1v) is 6.93. The van der Waals surface area contributed by atoms with E-state index in [0.717, 1.165) is 11.1 Å². The molecule has 4 N–H and O–H groups in total. The smallest absolute Gasteiger partial charge is 0.253 e. The van der Waals surface area contributed by atoms with Crippen molar-refractivity contribution < 1.29 is 10.0 Å². The van der Waals surface area contributed by atoms with E-state index in [9.17, 15) is 4.79 Å². The van der Waals surface area contributed by atoms with Gasteiger partial charge in [-0.05, 0) is 23.4 Å². The largest absolute Gasteiger partial charge is 0.409 e. The van der Waals surface area contributed by atoms with Crippen LogP contribution in [-0.4, -0.2) is 17.0 Å². The number of hydrogen-bond donors (Lipinski definition) is 3. The maximum atomic E-state index is 12.2. The van der Waals surface area contributed by atoms with Crippen LogP contribution in [0.15, 0.2) is 46.2 Å². The van der Waals surface area contributed by atoms with Crippen LogP contribution < -0.4 is 11.1 Å². The fraction of sp³-hybridized carbons (Fsp3) is 0.143. The Morgan fingerprint density at radius 3 is 2.60 bits per heavy atom. The molecule has 0 aliphatic heterocycles. The third-order valence-corrected chi connectivity index (χ3v) is 3.78. The van der Waals surface area contributed by atoms with E-state index in [2.05, 4.69) is 10.5 Å².